The molecule has 78 valence electrons. The minimum absolute atomic E-state index is 0.262. The molecule has 0 aromatic rings. The first-order chi connectivity index (χ1) is 6.86. The van der Waals surface area contributed by atoms with E-state index >= 15 is 0 Å². The van der Waals surface area contributed by atoms with Crippen LogP contribution in [0.25, 0.3) is 0 Å². The third-order valence-electron chi connectivity index (χ3n) is 2.56. The van der Waals surface area contributed by atoms with Crippen molar-refractivity contribution < 1.29 is 0 Å². The molecule has 0 radical (unpaired) electrons. The number of nitrogens with one attached hydrogen (secondary N) is 2. The fraction of sp³-hybridized carbons (Fsp3) is 0.600. The van der Waals surface area contributed by atoms with Gasteiger partial charge in [0, 0.05) is 6.54 Å². The molecule has 0 aromatic heterocycles. The van der Waals surface area contributed by atoms with Crippen LogP contribution in [0.4, 0.5) is 0 Å². The van der Waals surface area contributed by atoms with Crippen LogP contribution in [0.15, 0.2) is 24.0 Å². The second-order valence-corrected chi connectivity index (χ2v) is 3.69. The molecular formula is C10H16N3O-. The van der Waals surface area contributed by atoms with Crippen molar-refractivity contribution in [2.24, 2.45) is 0 Å². The van der Waals surface area contributed by atoms with Gasteiger partial charge in [-0.25, -0.2) is 0 Å². The number of hydrogen-bond acceptors (Lipinski definition) is 4. The lowest BCUT2D eigenvalue weighted by Crippen LogP contribution is -2.47. The van der Waals surface area contributed by atoms with Crippen LogP contribution in [-0.4, -0.2) is 24.3 Å². The Balaban J connectivity index is 1.88. The number of hydroxylamine groups is 2. The normalized spacial score (nSPS) is 27.4. The van der Waals surface area contributed by atoms with E-state index in [2.05, 4.69) is 10.6 Å². The largest absolute Gasteiger partial charge is 0.757 e. The summed E-state index contributed by atoms with van der Waals surface area (Å²) in [4.78, 5) is 0. The average Bonchev–Trinajstić information content (AvgIpc) is 2.23. The van der Waals surface area contributed by atoms with E-state index in [0.717, 1.165) is 18.0 Å². The quantitative estimate of drug-likeness (QED) is 0.685. The van der Waals surface area contributed by atoms with Gasteiger partial charge in [-0.05, 0) is 31.9 Å². The molecule has 14 heavy (non-hydrogen) atoms. The van der Waals surface area contributed by atoms with Gasteiger partial charge in [-0.3, -0.25) is 5.32 Å². The first kappa shape index (κ1) is 9.55. The Hall–Kier alpha value is -1.00. The summed E-state index contributed by atoms with van der Waals surface area (Å²) in [6, 6.07) is 0. The second kappa shape index (κ2) is 4.48. The van der Waals surface area contributed by atoms with Gasteiger partial charge >= 0.3 is 0 Å². The van der Waals surface area contributed by atoms with Crippen molar-refractivity contribution in [1.29, 1.82) is 0 Å². The fourth-order valence-electron chi connectivity index (χ4n) is 1.77. The standard InChI is InChI=1S/C10H16N3O/c14-13-8-4-2-6-10(13)12-9-5-1-3-7-11-9/h2,4,6,9,11-12H,1,3,5,7-8H2/q-1. The van der Waals surface area contributed by atoms with Gasteiger partial charge in [0.25, 0.3) is 0 Å². The van der Waals surface area contributed by atoms with Crippen LogP contribution in [0, 0.1) is 5.21 Å². The van der Waals surface area contributed by atoms with Crippen molar-refractivity contribution >= 4 is 0 Å². The zero-order valence-corrected chi connectivity index (χ0v) is 8.20. The van der Waals surface area contributed by atoms with E-state index in [1.165, 1.54) is 12.8 Å². The zero-order valence-electron chi connectivity index (χ0n) is 8.20. The molecule has 2 aliphatic rings. The maximum absolute atomic E-state index is 11.4. The summed E-state index contributed by atoms with van der Waals surface area (Å²) in [5, 5.41) is 18.9. The second-order valence-electron chi connectivity index (χ2n) is 3.69. The molecule has 2 heterocycles. The molecule has 1 atom stereocenters. The third-order valence-corrected chi connectivity index (χ3v) is 2.56. The topological polar surface area (TPSA) is 50.4 Å². The van der Waals surface area contributed by atoms with Crippen molar-refractivity contribution in [1.82, 2.24) is 15.7 Å². The first-order valence-electron chi connectivity index (χ1n) is 5.18. The van der Waals surface area contributed by atoms with Crippen molar-refractivity contribution in [3.63, 3.8) is 0 Å². The first-order valence-corrected chi connectivity index (χ1v) is 5.18. The highest BCUT2D eigenvalue weighted by molar-refractivity contribution is 5.17. The van der Waals surface area contributed by atoms with Crippen LogP contribution in [0.5, 0.6) is 0 Å². The smallest absolute Gasteiger partial charge is 0.0919 e. The van der Waals surface area contributed by atoms with Crippen molar-refractivity contribution in [3.8, 4) is 0 Å². The SMILES string of the molecule is [O-]N1CC=CC=C1NC1CCCCN1. The zero-order chi connectivity index (χ0) is 9.80. The van der Waals surface area contributed by atoms with E-state index in [1.54, 1.807) is 0 Å². The van der Waals surface area contributed by atoms with Gasteiger partial charge in [0.15, 0.2) is 0 Å². The van der Waals surface area contributed by atoms with E-state index in [0.29, 0.717) is 12.4 Å². The molecule has 0 amide bonds. The molecule has 4 nitrogen and oxygen atoms in total. The number of rotatable bonds is 2. The van der Waals surface area contributed by atoms with E-state index in [9.17, 15) is 5.21 Å². The minimum Gasteiger partial charge on any atom is -0.757 e. The molecule has 0 bridgehead atoms. The van der Waals surface area contributed by atoms with Crippen molar-refractivity contribution in [2.45, 2.75) is 25.4 Å². The molecule has 4 heteroatoms. The van der Waals surface area contributed by atoms with Crippen LogP contribution in [0.1, 0.15) is 19.3 Å². The molecule has 0 spiro atoms. The lowest BCUT2D eigenvalue weighted by Gasteiger charge is -2.37. The minimum atomic E-state index is 0.262. The van der Waals surface area contributed by atoms with Crippen molar-refractivity contribution in [2.75, 3.05) is 13.1 Å². The van der Waals surface area contributed by atoms with Gasteiger partial charge in [0.2, 0.25) is 0 Å². The summed E-state index contributed by atoms with van der Waals surface area (Å²) in [7, 11) is 0. The molecule has 0 aliphatic carbocycles. The summed E-state index contributed by atoms with van der Waals surface area (Å²) < 4.78 is 0. The summed E-state index contributed by atoms with van der Waals surface area (Å²) >= 11 is 0. The number of hydrogen-bond donors (Lipinski definition) is 2. The monoisotopic (exact) mass is 194 g/mol. The molecular weight excluding hydrogens is 178 g/mol. The molecule has 2 N–H and O–H groups in total. The van der Waals surface area contributed by atoms with Crippen LogP contribution in [-0.2, 0) is 0 Å². The van der Waals surface area contributed by atoms with Crippen LogP contribution in [0.3, 0.4) is 0 Å². The molecule has 0 aromatic carbocycles. The van der Waals surface area contributed by atoms with Crippen LogP contribution in [0.2, 0.25) is 0 Å². The molecule has 1 fully saturated rings. The molecule has 1 unspecified atom stereocenters. The maximum atomic E-state index is 11.4. The lowest BCUT2D eigenvalue weighted by atomic mass is 10.1. The van der Waals surface area contributed by atoms with Gasteiger partial charge in [0.1, 0.15) is 0 Å². The van der Waals surface area contributed by atoms with Crippen molar-refractivity contribution in [3.05, 3.63) is 29.3 Å². The highest BCUT2D eigenvalue weighted by atomic mass is 16.5. The molecule has 0 saturated carbocycles. The van der Waals surface area contributed by atoms with Gasteiger partial charge in [-0.2, -0.15) is 0 Å². The maximum Gasteiger partial charge on any atom is 0.0919 e. The number of allylic oxidation sites excluding steroid dienone is 2. The molecule has 2 rings (SSSR count). The van der Waals surface area contributed by atoms with E-state index in [1.807, 2.05) is 18.2 Å². The Morgan fingerprint density at radius 2 is 2.43 bits per heavy atom. The van der Waals surface area contributed by atoms with E-state index in [4.69, 9.17) is 0 Å². The lowest BCUT2D eigenvalue weighted by molar-refractivity contribution is 0.330. The Morgan fingerprint density at radius 3 is 3.14 bits per heavy atom. The summed E-state index contributed by atoms with van der Waals surface area (Å²) in [6.45, 7) is 1.49. The summed E-state index contributed by atoms with van der Waals surface area (Å²) in [6.07, 6.45) is 9.41. The highest BCUT2D eigenvalue weighted by Crippen LogP contribution is 2.10. The fourth-order valence-corrected chi connectivity index (χ4v) is 1.77. The summed E-state index contributed by atoms with van der Waals surface area (Å²) in [5.74, 6) is 0.673. The predicted octanol–water partition coefficient (Wildman–Crippen LogP) is 0.887. The van der Waals surface area contributed by atoms with E-state index < -0.39 is 0 Å². The van der Waals surface area contributed by atoms with E-state index in [-0.39, 0.29) is 6.17 Å². The Labute approximate surface area is 84.2 Å². The Kier molecular flexibility index (Phi) is 3.06. The highest BCUT2D eigenvalue weighted by Gasteiger charge is 2.13. The number of piperidine rings is 1. The Morgan fingerprint density at radius 1 is 1.50 bits per heavy atom. The molecule has 1 saturated heterocycles. The van der Waals surface area contributed by atoms with Crippen LogP contribution >= 0.6 is 0 Å². The van der Waals surface area contributed by atoms with Gasteiger partial charge in [0.05, 0.1) is 12.0 Å². The summed E-state index contributed by atoms with van der Waals surface area (Å²) in [5.41, 5.74) is 0. The number of nitrogens with zero attached hydrogens (tertiary/aromatic N) is 1. The average molecular weight is 194 g/mol. The van der Waals surface area contributed by atoms with Crippen LogP contribution < -0.4 is 10.6 Å². The van der Waals surface area contributed by atoms with Gasteiger partial charge < -0.3 is 15.6 Å². The third kappa shape index (κ3) is 2.27. The predicted molar refractivity (Wildman–Crippen MR) is 56.1 cm³/mol. The van der Waals surface area contributed by atoms with Gasteiger partial charge in [-0.1, -0.05) is 12.2 Å². The molecule has 2 aliphatic heterocycles. The van der Waals surface area contributed by atoms with Gasteiger partial charge in [-0.15, -0.1) is 0 Å². The Bertz CT molecular complexity index is 244.